The van der Waals surface area contributed by atoms with Gasteiger partial charge in [-0.1, -0.05) is 18.2 Å². The van der Waals surface area contributed by atoms with Crippen LogP contribution in [0.1, 0.15) is 29.7 Å². The average Bonchev–Trinajstić information content (AvgIpc) is 3.19. The highest BCUT2D eigenvalue weighted by Gasteiger charge is 2.33. The van der Waals surface area contributed by atoms with Crippen LogP contribution in [0.5, 0.6) is 5.75 Å². The monoisotopic (exact) mass is 422 g/mol. The summed E-state index contributed by atoms with van der Waals surface area (Å²) in [5.41, 5.74) is 2.32. The fourth-order valence-electron chi connectivity index (χ4n) is 3.71. The lowest BCUT2D eigenvalue weighted by molar-refractivity contribution is -0.138. The zero-order valence-electron chi connectivity index (χ0n) is 16.0. The first kappa shape index (κ1) is 21.2. The lowest BCUT2D eigenvalue weighted by Crippen LogP contribution is -2.18. The summed E-state index contributed by atoms with van der Waals surface area (Å²) in [5, 5.41) is 1.04. The lowest BCUT2D eigenvalue weighted by atomic mass is 10.1. The van der Waals surface area contributed by atoms with E-state index >= 15 is 0 Å². The third kappa shape index (κ3) is 4.58. The Kier molecular flexibility index (Phi) is 6.22. The molecule has 1 aromatic heterocycles. The number of nitrogens with zero attached hydrogens (tertiary/aromatic N) is 2. The van der Waals surface area contributed by atoms with Gasteiger partial charge in [0.15, 0.2) is 0 Å². The molecule has 0 saturated carbocycles. The zero-order chi connectivity index (χ0) is 19.7. The van der Waals surface area contributed by atoms with Crippen LogP contribution in [0.3, 0.4) is 0 Å². The number of hydrogen-bond donors (Lipinski definition) is 0. The maximum atomic E-state index is 13.1. The second kappa shape index (κ2) is 8.49. The van der Waals surface area contributed by atoms with Crippen molar-refractivity contribution in [3.8, 4) is 5.75 Å². The van der Waals surface area contributed by atoms with E-state index in [2.05, 4.69) is 16.0 Å². The number of benzene rings is 2. The summed E-state index contributed by atoms with van der Waals surface area (Å²) in [6.07, 6.45) is -2.03. The summed E-state index contributed by atoms with van der Waals surface area (Å²) in [7, 11) is 0. The molecule has 2 aromatic carbocycles. The van der Waals surface area contributed by atoms with Gasteiger partial charge in [-0.2, -0.15) is 13.2 Å². The number of aryl methyl sites for hydroxylation is 1. The summed E-state index contributed by atoms with van der Waals surface area (Å²) in [5.74, 6) is 0.509. The number of pyridine rings is 1. The molecule has 7 heteroatoms. The predicted molar refractivity (Wildman–Crippen MR) is 111 cm³/mol. The minimum atomic E-state index is -4.40. The Morgan fingerprint density at radius 2 is 1.76 bits per heavy atom. The van der Waals surface area contributed by atoms with Crippen LogP contribution in [0, 0.1) is 6.92 Å². The summed E-state index contributed by atoms with van der Waals surface area (Å²) in [6.45, 7) is 3.87. The Balaban J connectivity index is 0.00000240. The summed E-state index contributed by atoms with van der Waals surface area (Å²) >= 11 is 0. The van der Waals surface area contributed by atoms with E-state index in [0.29, 0.717) is 5.75 Å². The van der Waals surface area contributed by atoms with Gasteiger partial charge in [0.05, 0.1) is 11.1 Å². The molecule has 4 rings (SSSR count). The Morgan fingerprint density at radius 1 is 1.03 bits per heavy atom. The number of alkyl halides is 3. The lowest BCUT2D eigenvalue weighted by Gasteiger charge is -2.20. The normalized spacial score (nSPS) is 14.1. The maximum absolute atomic E-state index is 13.1. The first-order valence-electron chi connectivity index (χ1n) is 9.36. The third-order valence-electron chi connectivity index (χ3n) is 5.05. The molecule has 3 aromatic rings. The van der Waals surface area contributed by atoms with E-state index in [1.54, 1.807) is 18.2 Å². The Labute approximate surface area is 173 Å². The Morgan fingerprint density at radius 3 is 2.48 bits per heavy atom. The van der Waals surface area contributed by atoms with Crippen LogP contribution >= 0.6 is 12.4 Å². The summed E-state index contributed by atoms with van der Waals surface area (Å²) < 4.78 is 45.1. The van der Waals surface area contributed by atoms with Crippen LogP contribution in [-0.4, -0.2) is 18.1 Å². The van der Waals surface area contributed by atoms with Crippen LogP contribution in [0.4, 0.5) is 18.9 Å². The standard InChI is InChI=1S/C22H21F3N2O.ClH/c1-15-12-21(27-10-4-5-11-27)18-9-8-17(13-20(18)26-15)28-14-16-6-2-3-7-19(16)22(23,24)25;/h2-3,6-9,12-13H,4-5,10-11,14H2,1H3;1H. The molecule has 0 N–H and O–H groups in total. The highest BCUT2D eigenvalue weighted by Crippen LogP contribution is 2.34. The van der Waals surface area contributed by atoms with Crippen molar-refractivity contribution in [2.75, 3.05) is 18.0 Å². The van der Waals surface area contributed by atoms with Gasteiger partial charge in [0.25, 0.3) is 0 Å². The number of rotatable bonds is 4. The van der Waals surface area contributed by atoms with E-state index in [4.69, 9.17) is 4.74 Å². The van der Waals surface area contributed by atoms with E-state index in [1.807, 2.05) is 13.0 Å². The number of halogens is 4. The van der Waals surface area contributed by atoms with E-state index < -0.39 is 11.7 Å². The van der Waals surface area contributed by atoms with Crippen molar-refractivity contribution in [3.05, 3.63) is 65.4 Å². The van der Waals surface area contributed by atoms with Crippen LogP contribution in [-0.2, 0) is 12.8 Å². The van der Waals surface area contributed by atoms with Gasteiger partial charge in [-0.3, -0.25) is 4.98 Å². The van der Waals surface area contributed by atoms with Gasteiger partial charge in [-0.15, -0.1) is 12.4 Å². The molecular formula is C22H22ClF3N2O. The molecule has 154 valence electrons. The molecule has 0 aliphatic carbocycles. The second-order valence-electron chi connectivity index (χ2n) is 7.10. The highest BCUT2D eigenvalue weighted by molar-refractivity contribution is 5.93. The number of aromatic nitrogens is 1. The molecule has 1 aliphatic heterocycles. The smallest absolute Gasteiger partial charge is 0.416 e. The molecule has 0 radical (unpaired) electrons. The van der Waals surface area contributed by atoms with Crippen LogP contribution < -0.4 is 9.64 Å². The van der Waals surface area contributed by atoms with Gasteiger partial charge in [0.1, 0.15) is 12.4 Å². The van der Waals surface area contributed by atoms with Gasteiger partial charge in [-0.05, 0) is 44.0 Å². The first-order chi connectivity index (χ1) is 13.4. The largest absolute Gasteiger partial charge is 0.489 e. The average molecular weight is 423 g/mol. The van der Waals surface area contributed by atoms with Gasteiger partial charge in [0, 0.05) is 41.5 Å². The molecule has 3 nitrogen and oxygen atoms in total. The minimum absolute atomic E-state index is 0. The van der Waals surface area contributed by atoms with Crippen molar-refractivity contribution < 1.29 is 17.9 Å². The predicted octanol–water partition coefficient (Wildman–Crippen LogP) is 6.16. The molecule has 1 aliphatic rings. The number of fused-ring (bicyclic) bond motifs is 1. The molecule has 1 saturated heterocycles. The second-order valence-corrected chi connectivity index (χ2v) is 7.10. The van der Waals surface area contributed by atoms with E-state index in [1.165, 1.54) is 25.0 Å². The minimum Gasteiger partial charge on any atom is -0.489 e. The SMILES string of the molecule is Cc1cc(N2CCCC2)c2ccc(OCc3ccccc3C(F)(F)F)cc2n1.Cl. The molecule has 29 heavy (non-hydrogen) atoms. The molecule has 1 fully saturated rings. The van der Waals surface area contributed by atoms with E-state index in [-0.39, 0.29) is 24.6 Å². The Bertz CT molecular complexity index is 1000. The quantitative estimate of drug-likeness (QED) is 0.503. The van der Waals surface area contributed by atoms with Gasteiger partial charge in [-0.25, -0.2) is 0 Å². The molecule has 0 bridgehead atoms. The molecule has 2 heterocycles. The van der Waals surface area contributed by atoms with Gasteiger partial charge < -0.3 is 9.64 Å². The van der Waals surface area contributed by atoms with Gasteiger partial charge >= 0.3 is 6.18 Å². The molecule has 0 amide bonds. The molecule has 0 unspecified atom stereocenters. The number of hydrogen-bond acceptors (Lipinski definition) is 3. The fraction of sp³-hybridized carbons (Fsp3) is 0.318. The maximum Gasteiger partial charge on any atom is 0.416 e. The topological polar surface area (TPSA) is 25.4 Å². The zero-order valence-corrected chi connectivity index (χ0v) is 16.8. The Hall–Kier alpha value is -2.47. The van der Waals surface area contributed by atoms with Crippen molar-refractivity contribution in [1.29, 1.82) is 0 Å². The molecule has 0 atom stereocenters. The van der Waals surface area contributed by atoms with Crippen molar-refractivity contribution in [2.24, 2.45) is 0 Å². The van der Waals surface area contributed by atoms with E-state index in [9.17, 15) is 13.2 Å². The number of anilines is 1. The molecular weight excluding hydrogens is 401 g/mol. The van der Waals surface area contributed by atoms with E-state index in [0.717, 1.165) is 41.4 Å². The summed E-state index contributed by atoms with van der Waals surface area (Å²) in [6, 6.07) is 13.1. The van der Waals surface area contributed by atoms with Gasteiger partial charge in [0.2, 0.25) is 0 Å². The highest BCUT2D eigenvalue weighted by atomic mass is 35.5. The summed E-state index contributed by atoms with van der Waals surface area (Å²) in [4.78, 5) is 6.95. The van der Waals surface area contributed by atoms with Crippen LogP contribution in [0.2, 0.25) is 0 Å². The van der Waals surface area contributed by atoms with Crippen molar-refractivity contribution >= 4 is 29.0 Å². The van der Waals surface area contributed by atoms with Crippen molar-refractivity contribution in [1.82, 2.24) is 4.98 Å². The van der Waals surface area contributed by atoms with Crippen molar-refractivity contribution in [2.45, 2.75) is 32.5 Å². The molecule has 0 spiro atoms. The van der Waals surface area contributed by atoms with Crippen LogP contribution in [0.15, 0.2) is 48.5 Å². The van der Waals surface area contributed by atoms with Crippen LogP contribution in [0.25, 0.3) is 10.9 Å². The van der Waals surface area contributed by atoms with Crippen molar-refractivity contribution in [3.63, 3.8) is 0 Å². The fourth-order valence-corrected chi connectivity index (χ4v) is 3.71. The third-order valence-corrected chi connectivity index (χ3v) is 5.05. The first-order valence-corrected chi connectivity index (χ1v) is 9.36. The number of ether oxygens (including phenoxy) is 1.